The third-order valence-corrected chi connectivity index (χ3v) is 5.42. The van der Waals surface area contributed by atoms with Gasteiger partial charge in [-0.3, -0.25) is 4.79 Å². The number of aromatic amines is 1. The number of rotatable bonds is 4. The van der Waals surface area contributed by atoms with Crippen LogP contribution in [0.2, 0.25) is 0 Å². The Hall–Kier alpha value is -2.01. The first-order valence-electron chi connectivity index (χ1n) is 9.74. The Morgan fingerprint density at radius 1 is 1.19 bits per heavy atom. The number of hydrogen-bond donors (Lipinski definition) is 2. The molecule has 2 fully saturated rings. The highest BCUT2D eigenvalue weighted by molar-refractivity contribution is 5.85. The van der Waals surface area contributed by atoms with Gasteiger partial charge >= 0.3 is 0 Å². The van der Waals surface area contributed by atoms with Crippen LogP contribution in [-0.2, 0) is 9.53 Å². The quantitative estimate of drug-likeness (QED) is 0.808. The van der Waals surface area contributed by atoms with Crippen molar-refractivity contribution in [1.29, 1.82) is 0 Å². The van der Waals surface area contributed by atoms with Crippen molar-refractivity contribution in [3.8, 4) is 5.75 Å². The molecule has 0 unspecified atom stereocenters. The van der Waals surface area contributed by atoms with Gasteiger partial charge in [0.1, 0.15) is 5.75 Å². The molecule has 4 rings (SSSR count). The first-order chi connectivity index (χ1) is 12.8. The van der Waals surface area contributed by atoms with Crippen molar-refractivity contribution >= 4 is 17.3 Å². The normalized spacial score (nSPS) is 23.0. The van der Waals surface area contributed by atoms with Gasteiger partial charge in [0.25, 0.3) is 0 Å². The molecule has 0 bridgehead atoms. The van der Waals surface area contributed by atoms with Crippen molar-refractivity contribution in [2.24, 2.45) is 0 Å². The Balaban J connectivity index is 0.000000278. The van der Waals surface area contributed by atoms with Crippen LogP contribution in [0, 0.1) is 0 Å². The Bertz CT molecular complexity index is 682. The molecule has 2 heterocycles. The Labute approximate surface area is 155 Å². The second-order valence-corrected chi connectivity index (χ2v) is 7.17. The molecule has 1 aromatic carbocycles. The summed E-state index contributed by atoms with van der Waals surface area (Å²) in [6.07, 6.45) is 11.3. The number of carbonyl (C=O) groups is 1. The minimum Gasteiger partial charge on any atom is -0.497 e. The summed E-state index contributed by atoms with van der Waals surface area (Å²) >= 11 is 0. The molecule has 2 aromatic rings. The van der Waals surface area contributed by atoms with Crippen molar-refractivity contribution < 1.29 is 14.3 Å². The van der Waals surface area contributed by atoms with Gasteiger partial charge in [0.15, 0.2) is 0 Å². The Morgan fingerprint density at radius 3 is 2.69 bits per heavy atom. The van der Waals surface area contributed by atoms with Crippen molar-refractivity contribution in [3.63, 3.8) is 0 Å². The highest BCUT2D eigenvalue weighted by Gasteiger charge is 2.24. The lowest BCUT2D eigenvalue weighted by atomic mass is 9.81. The van der Waals surface area contributed by atoms with Crippen LogP contribution in [0.4, 0.5) is 0 Å². The van der Waals surface area contributed by atoms with E-state index in [1.807, 2.05) is 6.07 Å². The predicted octanol–water partition coefficient (Wildman–Crippen LogP) is 4.14. The van der Waals surface area contributed by atoms with E-state index in [0.29, 0.717) is 12.0 Å². The zero-order valence-electron chi connectivity index (χ0n) is 15.6. The first kappa shape index (κ1) is 18.8. The standard InChI is InChI=1S/C16H20N2O2.C5H10O/c1-20-13-5-6-16-14(8-13)15(9-17-16)11-3-2-4-12(7-11)18-10-19;1-2-4-6-5-3-1/h5-6,8-12,17H,2-4,7H2,1H3,(H,18,19);1-5H2/t11-,12+;/m0./s1. The van der Waals surface area contributed by atoms with Crippen LogP contribution in [0.1, 0.15) is 56.4 Å². The number of benzene rings is 1. The van der Waals surface area contributed by atoms with Gasteiger partial charge in [0.2, 0.25) is 6.41 Å². The summed E-state index contributed by atoms with van der Waals surface area (Å²) in [5, 5.41) is 4.17. The van der Waals surface area contributed by atoms with E-state index in [0.717, 1.165) is 50.2 Å². The second kappa shape index (κ2) is 9.62. The van der Waals surface area contributed by atoms with Crippen LogP contribution in [0.5, 0.6) is 5.75 Å². The SMILES string of the molecule is C1CCOCC1.COc1ccc2[nH]cc([C@H]3CCC[C@@H](NC=O)C3)c2c1. The van der Waals surface area contributed by atoms with Crippen LogP contribution < -0.4 is 10.1 Å². The molecule has 5 heteroatoms. The first-order valence-corrected chi connectivity index (χ1v) is 9.74. The van der Waals surface area contributed by atoms with Gasteiger partial charge in [-0.05, 0) is 68.2 Å². The van der Waals surface area contributed by atoms with Gasteiger partial charge in [0.05, 0.1) is 7.11 Å². The summed E-state index contributed by atoms with van der Waals surface area (Å²) in [5.74, 6) is 1.39. The van der Waals surface area contributed by atoms with Gasteiger partial charge in [-0.25, -0.2) is 0 Å². The molecule has 1 saturated carbocycles. The van der Waals surface area contributed by atoms with E-state index >= 15 is 0 Å². The van der Waals surface area contributed by atoms with E-state index in [2.05, 4.69) is 28.6 Å². The summed E-state index contributed by atoms with van der Waals surface area (Å²) in [4.78, 5) is 14.0. The topological polar surface area (TPSA) is 63.4 Å². The molecule has 1 amide bonds. The molecule has 2 aliphatic rings. The highest BCUT2D eigenvalue weighted by Crippen LogP contribution is 2.37. The molecule has 1 aliphatic heterocycles. The molecule has 1 saturated heterocycles. The number of methoxy groups -OCH3 is 1. The molecule has 5 nitrogen and oxygen atoms in total. The molecule has 2 N–H and O–H groups in total. The number of fused-ring (bicyclic) bond motifs is 1. The smallest absolute Gasteiger partial charge is 0.207 e. The fourth-order valence-electron chi connectivity index (χ4n) is 3.99. The van der Waals surface area contributed by atoms with E-state index in [-0.39, 0.29) is 0 Å². The van der Waals surface area contributed by atoms with Crippen LogP contribution in [0.3, 0.4) is 0 Å². The largest absolute Gasteiger partial charge is 0.497 e. The Kier molecular flexibility index (Phi) is 6.95. The minimum absolute atomic E-state index is 0.307. The molecular weight excluding hydrogens is 328 g/mol. The van der Waals surface area contributed by atoms with E-state index in [1.54, 1.807) is 7.11 Å². The highest BCUT2D eigenvalue weighted by atomic mass is 16.5. The summed E-state index contributed by atoms with van der Waals surface area (Å²) in [6.45, 7) is 2.00. The lowest BCUT2D eigenvalue weighted by Gasteiger charge is -2.28. The number of H-pyrrole nitrogens is 1. The second-order valence-electron chi connectivity index (χ2n) is 7.17. The average molecular weight is 358 g/mol. The number of aromatic nitrogens is 1. The maximum absolute atomic E-state index is 10.6. The number of amides is 1. The number of hydrogen-bond acceptors (Lipinski definition) is 3. The van der Waals surface area contributed by atoms with Crippen LogP contribution in [0.15, 0.2) is 24.4 Å². The monoisotopic (exact) mass is 358 g/mol. The third kappa shape index (κ3) is 4.79. The predicted molar refractivity (Wildman–Crippen MR) is 104 cm³/mol. The number of nitrogens with one attached hydrogen (secondary N) is 2. The molecule has 1 aliphatic carbocycles. The average Bonchev–Trinajstić information content (AvgIpc) is 3.13. The van der Waals surface area contributed by atoms with Gasteiger partial charge in [0, 0.05) is 36.4 Å². The molecule has 0 radical (unpaired) electrons. The summed E-state index contributed by atoms with van der Waals surface area (Å²) in [6, 6.07) is 6.43. The fourth-order valence-corrected chi connectivity index (χ4v) is 3.99. The van der Waals surface area contributed by atoms with E-state index < -0.39 is 0 Å². The van der Waals surface area contributed by atoms with Crippen molar-refractivity contribution in [2.75, 3.05) is 20.3 Å². The van der Waals surface area contributed by atoms with Gasteiger partial charge in [-0.2, -0.15) is 0 Å². The molecule has 142 valence electrons. The maximum atomic E-state index is 10.6. The van der Waals surface area contributed by atoms with Crippen LogP contribution in [0.25, 0.3) is 10.9 Å². The fraction of sp³-hybridized carbons (Fsp3) is 0.571. The van der Waals surface area contributed by atoms with Crippen molar-refractivity contribution in [1.82, 2.24) is 10.3 Å². The summed E-state index contributed by atoms with van der Waals surface area (Å²) < 4.78 is 10.4. The minimum atomic E-state index is 0.307. The number of ether oxygens (including phenoxy) is 2. The maximum Gasteiger partial charge on any atom is 0.207 e. The van der Waals surface area contributed by atoms with Gasteiger partial charge < -0.3 is 19.8 Å². The molecule has 2 atom stereocenters. The zero-order chi connectivity index (χ0) is 18.2. The zero-order valence-corrected chi connectivity index (χ0v) is 15.6. The van der Waals surface area contributed by atoms with Crippen LogP contribution >= 0.6 is 0 Å². The van der Waals surface area contributed by atoms with E-state index in [9.17, 15) is 4.79 Å². The summed E-state index contributed by atoms with van der Waals surface area (Å²) in [7, 11) is 1.69. The third-order valence-electron chi connectivity index (χ3n) is 5.42. The van der Waals surface area contributed by atoms with Gasteiger partial charge in [-0.15, -0.1) is 0 Å². The van der Waals surface area contributed by atoms with Crippen molar-refractivity contribution in [3.05, 3.63) is 30.0 Å². The van der Waals surface area contributed by atoms with E-state index in [4.69, 9.17) is 9.47 Å². The number of carbonyl (C=O) groups excluding carboxylic acids is 1. The van der Waals surface area contributed by atoms with E-state index in [1.165, 1.54) is 36.6 Å². The molecule has 26 heavy (non-hydrogen) atoms. The van der Waals surface area contributed by atoms with Crippen molar-refractivity contribution in [2.45, 2.75) is 56.9 Å². The lowest BCUT2D eigenvalue weighted by Crippen LogP contribution is -2.32. The van der Waals surface area contributed by atoms with Gasteiger partial charge in [-0.1, -0.05) is 6.42 Å². The molecular formula is C21H30N2O3. The van der Waals surface area contributed by atoms with Crippen LogP contribution in [-0.4, -0.2) is 37.8 Å². The lowest BCUT2D eigenvalue weighted by molar-refractivity contribution is -0.110. The molecule has 0 spiro atoms. The summed E-state index contributed by atoms with van der Waals surface area (Å²) in [5.41, 5.74) is 2.49. The Morgan fingerprint density at radius 2 is 2.04 bits per heavy atom. The molecule has 1 aromatic heterocycles.